The van der Waals surface area contributed by atoms with E-state index in [2.05, 4.69) is 21.2 Å². The number of hydrogen-bond donors (Lipinski definition) is 1. The number of benzene rings is 4. The van der Waals surface area contributed by atoms with Gasteiger partial charge in [-0.25, -0.2) is 8.42 Å². The minimum absolute atomic E-state index is 0.0503. The molecule has 0 aliphatic heterocycles. The third-order valence-electron chi connectivity index (χ3n) is 7.51. The van der Waals surface area contributed by atoms with Crippen LogP contribution in [-0.2, 0) is 32.6 Å². The van der Waals surface area contributed by atoms with Gasteiger partial charge in [0.2, 0.25) is 11.8 Å². The predicted octanol–water partition coefficient (Wildman–Crippen LogP) is 7.33. The minimum atomic E-state index is -4.21. The fourth-order valence-electron chi connectivity index (χ4n) is 5.06. The summed E-state index contributed by atoms with van der Waals surface area (Å²) in [6.07, 6.45) is 0.245. The second-order valence-corrected chi connectivity index (χ2v) is 15.0. The maximum Gasteiger partial charge on any atom is 0.264 e. The highest BCUT2D eigenvalue weighted by molar-refractivity contribution is 9.10. The summed E-state index contributed by atoms with van der Waals surface area (Å²) in [5, 5.41) is 3.45. The molecule has 0 bridgehead atoms. The van der Waals surface area contributed by atoms with Crippen LogP contribution >= 0.6 is 27.5 Å². The van der Waals surface area contributed by atoms with Gasteiger partial charge < -0.3 is 10.2 Å². The van der Waals surface area contributed by atoms with Crippen LogP contribution < -0.4 is 9.62 Å². The Kier molecular flexibility index (Phi) is 12.1. The number of nitrogens with one attached hydrogen (secondary N) is 1. The predicted molar refractivity (Wildman–Crippen MR) is 188 cm³/mol. The molecule has 10 heteroatoms. The SMILES string of the molecule is Cc1ccc(S(=O)(=O)N(CC(=O)N(Cc2cccc(Br)c2)[C@H](Cc2ccccc2)C(=O)NCC(C)C)c2ccc(Cl)cc2C)cc1. The number of hydrogen-bond acceptors (Lipinski definition) is 4. The Labute approximate surface area is 285 Å². The van der Waals surface area contributed by atoms with E-state index in [1.54, 1.807) is 37.3 Å². The molecular formula is C36H39BrClN3O4S. The van der Waals surface area contributed by atoms with Crippen molar-refractivity contribution in [3.63, 3.8) is 0 Å². The molecule has 2 amide bonds. The molecule has 0 saturated carbocycles. The average Bonchev–Trinajstić information content (AvgIpc) is 3.01. The van der Waals surface area contributed by atoms with Crippen LogP contribution in [0.15, 0.2) is 106 Å². The third-order valence-corrected chi connectivity index (χ3v) is 10.0. The topological polar surface area (TPSA) is 86.8 Å². The first-order chi connectivity index (χ1) is 21.8. The van der Waals surface area contributed by atoms with E-state index < -0.39 is 28.5 Å². The zero-order valence-electron chi connectivity index (χ0n) is 26.4. The van der Waals surface area contributed by atoms with E-state index >= 15 is 0 Å². The standard InChI is InChI=1S/C36H39BrClN3O4S/c1-25(2)22-39-36(43)34(21-28-9-6-5-7-10-28)40(23-29-11-8-12-30(37)20-29)35(42)24-41(33-18-15-31(38)19-27(33)4)46(44,45)32-16-13-26(3)14-17-32/h5-20,25,34H,21-24H2,1-4H3,(H,39,43)/t34-/m1/s1. The largest absolute Gasteiger partial charge is 0.354 e. The fraction of sp³-hybridized carbons (Fsp3) is 0.278. The molecule has 242 valence electrons. The maximum absolute atomic E-state index is 14.6. The Morgan fingerprint density at radius 2 is 1.54 bits per heavy atom. The first-order valence-corrected chi connectivity index (χ1v) is 17.7. The first kappa shape index (κ1) is 35.2. The van der Waals surface area contributed by atoms with Crippen LogP contribution in [-0.4, -0.2) is 44.3 Å². The Hall–Kier alpha value is -3.66. The quantitative estimate of drug-likeness (QED) is 0.157. The number of amides is 2. The van der Waals surface area contributed by atoms with Gasteiger partial charge in [0.25, 0.3) is 10.0 Å². The van der Waals surface area contributed by atoms with E-state index in [0.717, 1.165) is 25.5 Å². The van der Waals surface area contributed by atoms with Crippen molar-refractivity contribution in [2.24, 2.45) is 5.92 Å². The third kappa shape index (κ3) is 9.21. The molecule has 0 spiro atoms. The van der Waals surface area contributed by atoms with Crippen LogP contribution in [0.4, 0.5) is 5.69 Å². The molecule has 46 heavy (non-hydrogen) atoms. The van der Waals surface area contributed by atoms with Gasteiger partial charge in [-0.2, -0.15) is 0 Å². The van der Waals surface area contributed by atoms with Gasteiger partial charge in [0.15, 0.2) is 0 Å². The number of carbonyl (C=O) groups is 2. The number of halogens is 2. The molecule has 1 N–H and O–H groups in total. The highest BCUT2D eigenvalue weighted by Gasteiger charge is 2.35. The summed E-state index contributed by atoms with van der Waals surface area (Å²) in [6, 6.07) is 27.4. The lowest BCUT2D eigenvalue weighted by atomic mass is 10.0. The number of aryl methyl sites for hydroxylation is 2. The molecule has 0 unspecified atom stereocenters. The van der Waals surface area contributed by atoms with E-state index in [1.807, 2.05) is 75.4 Å². The van der Waals surface area contributed by atoms with E-state index in [4.69, 9.17) is 11.6 Å². The molecule has 1 atom stereocenters. The highest BCUT2D eigenvalue weighted by Crippen LogP contribution is 2.30. The summed E-state index contributed by atoms with van der Waals surface area (Å²) < 4.78 is 30.4. The molecule has 0 heterocycles. The van der Waals surface area contributed by atoms with Gasteiger partial charge in [-0.15, -0.1) is 0 Å². The summed E-state index contributed by atoms with van der Waals surface area (Å²) in [5.74, 6) is -0.638. The van der Waals surface area contributed by atoms with Crippen LogP contribution in [0.25, 0.3) is 0 Å². The van der Waals surface area contributed by atoms with Gasteiger partial charge in [-0.3, -0.25) is 13.9 Å². The monoisotopic (exact) mass is 723 g/mol. The van der Waals surface area contributed by atoms with Crippen molar-refractivity contribution in [1.82, 2.24) is 10.2 Å². The lowest BCUT2D eigenvalue weighted by Gasteiger charge is -2.34. The van der Waals surface area contributed by atoms with Crippen molar-refractivity contribution < 1.29 is 18.0 Å². The second-order valence-electron chi connectivity index (χ2n) is 11.8. The number of sulfonamides is 1. The Bertz CT molecular complexity index is 1770. The molecule has 4 rings (SSSR count). The van der Waals surface area contributed by atoms with Gasteiger partial charge in [-0.05, 0) is 78.9 Å². The molecule has 4 aromatic carbocycles. The molecule has 0 radical (unpaired) electrons. The van der Waals surface area contributed by atoms with Gasteiger partial charge in [0, 0.05) is 29.0 Å². The normalized spacial score (nSPS) is 12.1. The van der Waals surface area contributed by atoms with E-state index in [0.29, 0.717) is 22.8 Å². The number of nitrogens with zero attached hydrogens (tertiary/aromatic N) is 2. The van der Waals surface area contributed by atoms with Crippen molar-refractivity contribution >= 4 is 55.1 Å². The molecule has 0 aliphatic carbocycles. The Morgan fingerprint density at radius 3 is 2.17 bits per heavy atom. The summed E-state index contributed by atoms with van der Waals surface area (Å²) in [7, 11) is -4.21. The molecular weight excluding hydrogens is 686 g/mol. The van der Waals surface area contributed by atoms with Crippen molar-refractivity contribution in [3.8, 4) is 0 Å². The van der Waals surface area contributed by atoms with Crippen molar-refractivity contribution in [2.75, 3.05) is 17.4 Å². The van der Waals surface area contributed by atoms with Crippen LogP contribution in [0.2, 0.25) is 5.02 Å². The summed E-state index contributed by atoms with van der Waals surface area (Å²) >= 11 is 9.75. The van der Waals surface area contributed by atoms with Gasteiger partial charge in [0.1, 0.15) is 12.6 Å². The highest BCUT2D eigenvalue weighted by atomic mass is 79.9. The summed E-state index contributed by atoms with van der Waals surface area (Å²) in [4.78, 5) is 30.0. The van der Waals surface area contributed by atoms with Crippen molar-refractivity contribution in [1.29, 1.82) is 0 Å². The van der Waals surface area contributed by atoms with Gasteiger partial charge in [-0.1, -0.05) is 102 Å². The second kappa shape index (κ2) is 15.8. The molecule has 0 saturated heterocycles. The summed E-state index contributed by atoms with van der Waals surface area (Å²) in [5.41, 5.74) is 3.47. The number of rotatable bonds is 13. The lowest BCUT2D eigenvalue weighted by molar-refractivity contribution is -0.140. The zero-order valence-corrected chi connectivity index (χ0v) is 29.6. The van der Waals surface area contributed by atoms with Gasteiger partial charge in [0.05, 0.1) is 10.6 Å². The average molecular weight is 725 g/mol. The van der Waals surface area contributed by atoms with Crippen LogP contribution in [0.1, 0.15) is 36.1 Å². The van der Waals surface area contributed by atoms with E-state index in [-0.39, 0.29) is 29.7 Å². The van der Waals surface area contributed by atoms with E-state index in [9.17, 15) is 18.0 Å². The van der Waals surface area contributed by atoms with Gasteiger partial charge >= 0.3 is 0 Å². The molecule has 0 fully saturated rings. The Balaban J connectivity index is 1.82. The molecule has 0 aromatic heterocycles. The van der Waals surface area contributed by atoms with Crippen LogP contribution in [0.3, 0.4) is 0 Å². The van der Waals surface area contributed by atoms with E-state index in [1.165, 1.54) is 17.0 Å². The molecule has 4 aromatic rings. The smallest absolute Gasteiger partial charge is 0.264 e. The maximum atomic E-state index is 14.6. The number of anilines is 1. The van der Waals surface area contributed by atoms with Crippen LogP contribution in [0, 0.1) is 19.8 Å². The number of carbonyl (C=O) groups excluding carboxylic acids is 2. The summed E-state index contributed by atoms with van der Waals surface area (Å²) in [6.45, 7) is 7.61. The minimum Gasteiger partial charge on any atom is -0.354 e. The fourth-order valence-corrected chi connectivity index (χ4v) is 7.21. The van der Waals surface area contributed by atoms with Crippen LogP contribution in [0.5, 0.6) is 0 Å². The first-order valence-electron chi connectivity index (χ1n) is 15.1. The van der Waals surface area contributed by atoms with Crippen molar-refractivity contribution in [2.45, 2.75) is 51.6 Å². The zero-order chi connectivity index (χ0) is 33.4. The lowest BCUT2D eigenvalue weighted by Crippen LogP contribution is -2.53. The van der Waals surface area contributed by atoms with Crippen molar-refractivity contribution in [3.05, 3.63) is 129 Å². The molecule has 0 aliphatic rings. The Morgan fingerprint density at radius 1 is 0.870 bits per heavy atom. The molecule has 7 nitrogen and oxygen atoms in total.